The number of nitro groups is 1. The second-order valence-electron chi connectivity index (χ2n) is 6.04. The van der Waals surface area contributed by atoms with Crippen LogP contribution in [0.15, 0.2) is 18.3 Å². The van der Waals surface area contributed by atoms with Gasteiger partial charge >= 0.3 is 5.82 Å². The number of alkyl halides is 1. The van der Waals surface area contributed by atoms with Gasteiger partial charge in [-0.2, -0.15) is 0 Å². The van der Waals surface area contributed by atoms with E-state index < -0.39 is 4.92 Å². The predicted octanol–water partition coefficient (Wildman–Crippen LogP) is 4.25. The van der Waals surface area contributed by atoms with Crippen molar-refractivity contribution in [1.29, 1.82) is 0 Å². The van der Waals surface area contributed by atoms with E-state index in [2.05, 4.69) is 20.9 Å². The van der Waals surface area contributed by atoms with E-state index in [1.54, 1.807) is 12.1 Å². The molecule has 0 amide bonds. The summed E-state index contributed by atoms with van der Waals surface area (Å²) in [4.78, 5) is 14.9. The molecule has 21 heavy (non-hydrogen) atoms. The molecule has 0 saturated heterocycles. The number of hydrogen-bond donors (Lipinski definition) is 0. The van der Waals surface area contributed by atoms with Crippen LogP contribution in [0.4, 0.5) is 5.82 Å². The molecule has 0 radical (unpaired) electrons. The fourth-order valence-electron chi connectivity index (χ4n) is 3.65. The van der Waals surface area contributed by atoms with Crippen LogP contribution in [-0.4, -0.2) is 20.8 Å². The summed E-state index contributed by atoms with van der Waals surface area (Å²) in [7, 11) is 0. The van der Waals surface area contributed by atoms with Crippen LogP contribution >= 0.6 is 15.9 Å². The van der Waals surface area contributed by atoms with Crippen LogP contribution in [0.5, 0.6) is 5.75 Å². The zero-order chi connectivity index (χ0) is 14.9. The van der Waals surface area contributed by atoms with Crippen LogP contribution < -0.4 is 4.74 Å². The summed E-state index contributed by atoms with van der Waals surface area (Å²) in [5.41, 5.74) is 0.139. The summed E-state index contributed by atoms with van der Waals surface area (Å²) >= 11 is 3.79. The van der Waals surface area contributed by atoms with Crippen molar-refractivity contribution in [2.75, 3.05) is 0 Å². The minimum atomic E-state index is -0.473. The van der Waals surface area contributed by atoms with Crippen molar-refractivity contribution in [3.63, 3.8) is 0 Å². The maximum absolute atomic E-state index is 11.1. The number of nitrogens with zero attached hydrogens (tertiary/aromatic N) is 2. The fraction of sp³-hybridized carbons (Fsp3) is 0.667. The molecule has 2 atom stereocenters. The summed E-state index contributed by atoms with van der Waals surface area (Å²) in [6.45, 7) is 0. The largest absolute Gasteiger partial charge is 0.482 e. The van der Waals surface area contributed by atoms with Gasteiger partial charge in [-0.15, -0.1) is 0 Å². The Morgan fingerprint density at radius 2 is 2.05 bits per heavy atom. The summed E-state index contributed by atoms with van der Waals surface area (Å²) < 4.78 is 6.03. The monoisotopic (exact) mass is 354 g/mol. The van der Waals surface area contributed by atoms with E-state index in [1.807, 2.05) is 0 Å². The Balaban J connectivity index is 1.80. The molecule has 0 aliphatic heterocycles. The highest BCUT2D eigenvalue weighted by molar-refractivity contribution is 9.09. The molecule has 2 aliphatic rings. The quantitative estimate of drug-likeness (QED) is 0.462. The average molecular weight is 355 g/mol. The first kappa shape index (κ1) is 14.8. The van der Waals surface area contributed by atoms with Crippen molar-refractivity contribution >= 4 is 21.7 Å². The minimum absolute atomic E-state index is 0.0582. The van der Waals surface area contributed by atoms with Crippen molar-refractivity contribution in [3.05, 3.63) is 28.4 Å². The van der Waals surface area contributed by atoms with Crippen molar-refractivity contribution in [1.82, 2.24) is 4.98 Å². The fourth-order valence-corrected chi connectivity index (χ4v) is 4.74. The Bertz CT molecular complexity index is 529. The zero-order valence-corrected chi connectivity index (χ0v) is 13.4. The van der Waals surface area contributed by atoms with Crippen molar-refractivity contribution in [3.8, 4) is 5.75 Å². The molecule has 0 bridgehead atoms. The third kappa shape index (κ3) is 2.65. The van der Waals surface area contributed by atoms with E-state index in [0.717, 1.165) is 19.3 Å². The normalized spacial score (nSPS) is 27.7. The van der Waals surface area contributed by atoms with Crippen LogP contribution in [0.1, 0.15) is 44.9 Å². The van der Waals surface area contributed by atoms with Gasteiger partial charge < -0.3 is 14.9 Å². The van der Waals surface area contributed by atoms with Gasteiger partial charge in [0.05, 0.1) is 0 Å². The van der Waals surface area contributed by atoms with Gasteiger partial charge in [0.2, 0.25) is 5.75 Å². The first-order chi connectivity index (χ1) is 10.1. The molecule has 2 saturated carbocycles. The van der Waals surface area contributed by atoms with E-state index in [0.29, 0.717) is 10.6 Å². The van der Waals surface area contributed by atoms with Gasteiger partial charge in [-0.1, -0.05) is 41.6 Å². The molecular weight excluding hydrogens is 336 g/mol. The summed E-state index contributed by atoms with van der Waals surface area (Å²) in [5.74, 6) is 0.120. The van der Waals surface area contributed by atoms with Gasteiger partial charge in [0.1, 0.15) is 12.3 Å². The van der Waals surface area contributed by atoms with Crippen molar-refractivity contribution in [2.45, 2.75) is 55.9 Å². The van der Waals surface area contributed by atoms with E-state index in [-0.39, 0.29) is 17.3 Å². The maximum atomic E-state index is 11.1. The lowest BCUT2D eigenvalue weighted by Gasteiger charge is -2.53. The van der Waals surface area contributed by atoms with Gasteiger partial charge in [-0.25, -0.2) is 0 Å². The van der Waals surface area contributed by atoms with Gasteiger partial charge in [-0.3, -0.25) is 0 Å². The van der Waals surface area contributed by atoms with E-state index in [9.17, 15) is 10.1 Å². The van der Waals surface area contributed by atoms with Crippen LogP contribution in [-0.2, 0) is 0 Å². The Labute approximate surface area is 132 Å². The Kier molecular flexibility index (Phi) is 4.15. The lowest BCUT2D eigenvalue weighted by molar-refractivity contribution is -0.391. The first-order valence-corrected chi connectivity index (χ1v) is 8.45. The molecule has 1 heterocycles. The molecule has 2 aliphatic carbocycles. The van der Waals surface area contributed by atoms with Gasteiger partial charge in [0.15, 0.2) is 0 Å². The molecule has 6 heteroatoms. The molecular formula is C15H19BrN2O3. The number of aromatic nitrogens is 1. The molecule has 114 valence electrons. The topological polar surface area (TPSA) is 65.3 Å². The van der Waals surface area contributed by atoms with E-state index >= 15 is 0 Å². The summed E-state index contributed by atoms with van der Waals surface area (Å²) in [6.07, 6.45) is 9.68. The maximum Gasteiger partial charge on any atom is 0.406 e. The molecule has 5 nitrogen and oxygen atoms in total. The highest BCUT2D eigenvalue weighted by Crippen LogP contribution is 2.56. The molecule has 1 spiro atoms. The predicted molar refractivity (Wildman–Crippen MR) is 82.8 cm³/mol. The van der Waals surface area contributed by atoms with E-state index in [4.69, 9.17) is 4.74 Å². The van der Waals surface area contributed by atoms with Crippen molar-refractivity contribution < 1.29 is 9.66 Å². The molecule has 0 N–H and O–H groups in total. The zero-order valence-electron chi connectivity index (χ0n) is 11.8. The third-order valence-corrected chi connectivity index (χ3v) is 6.20. The van der Waals surface area contributed by atoms with Gasteiger partial charge in [0, 0.05) is 10.2 Å². The minimum Gasteiger partial charge on any atom is -0.482 e. The number of hydrogen-bond acceptors (Lipinski definition) is 4. The summed E-state index contributed by atoms with van der Waals surface area (Å²) in [6, 6.07) is 3.34. The van der Waals surface area contributed by atoms with Gasteiger partial charge in [0.25, 0.3) is 0 Å². The average Bonchev–Trinajstić information content (AvgIpc) is 2.75. The third-order valence-electron chi connectivity index (χ3n) is 4.91. The standard InChI is InChI=1S/C15H19BrN2O3/c16-12-10-13(15(12)7-3-1-2-4-8-15)21-11-6-5-9-17-14(11)18(19)20/h5-6,9,12-13H,1-4,7-8,10H2. The van der Waals surface area contributed by atoms with Crippen LogP contribution in [0.25, 0.3) is 0 Å². The smallest absolute Gasteiger partial charge is 0.406 e. The number of rotatable bonds is 3. The lowest BCUT2D eigenvalue weighted by Crippen LogP contribution is -2.56. The molecule has 3 rings (SSSR count). The SMILES string of the molecule is O=[N+]([O-])c1ncccc1OC1CC(Br)C12CCCCCC2. The second-order valence-corrected chi connectivity index (χ2v) is 7.14. The molecule has 1 aromatic rings. The number of ether oxygens (including phenoxy) is 1. The molecule has 0 aromatic carbocycles. The van der Waals surface area contributed by atoms with Crippen LogP contribution in [0, 0.1) is 15.5 Å². The Morgan fingerprint density at radius 1 is 1.33 bits per heavy atom. The highest BCUT2D eigenvalue weighted by atomic mass is 79.9. The second kappa shape index (κ2) is 5.91. The highest BCUT2D eigenvalue weighted by Gasteiger charge is 2.55. The van der Waals surface area contributed by atoms with Crippen LogP contribution in [0.2, 0.25) is 0 Å². The molecule has 1 aromatic heterocycles. The van der Waals surface area contributed by atoms with Gasteiger partial charge in [-0.05, 0) is 41.3 Å². The molecule has 2 fully saturated rings. The summed E-state index contributed by atoms with van der Waals surface area (Å²) in [5, 5.41) is 11.1. The van der Waals surface area contributed by atoms with E-state index in [1.165, 1.54) is 31.9 Å². The van der Waals surface area contributed by atoms with Crippen molar-refractivity contribution in [2.24, 2.45) is 5.41 Å². The molecule has 2 unspecified atom stereocenters. The lowest BCUT2D eigenvalue weighted by atomic mass is 9.61. The van der Waals surface area contributed by atoms with Crippen LogP contribution in [0.3, 0.4) is 0 Å². The first-order valence-electron chi connectivity index (χ1n) is 7.53. The Morgan fingerprint density at radius 3 is 2.67 bits per heavy atom. The number of pyridine rings is 1. The number of halogens is 1. The Hall–Kier alpha value is -1.17.